The highest BCUT2D eigenvalue weighted by atomic mass is 28.4. The van der Waals surface area contributed by atoms with Gasteiger partial charge in [0.2, 0.25) is 6.29 Å². The fourth-order valence-electron chi connectivity index (χ4n) is 4.10. The van der Waals surface area contributed by atoms with Crippen LogP contribution >= 0.6 is 0 Å². The first-order valence-electron chi connectivity index (χ1n) is 10.1. The molecule has 1 aliphatic rings. The Morgan fingerprint density at radius 2 is 1.59 bits per heavy atom. The standard InChI is InChI=1S/C23H31NO4Si/c1-18(25)27-22-16-19(24(5)28-22)17-26-29(23(2,3)4,20-12-8-6-9-13-20)21-14-10-7-11-15-21/h6-15,19,22H,16-17H2,1-5H3. The van der Waals surface area contributed by atoms with Crippen molar-refractivity contribution in [3.63, 3.8) is 0 Å². The van der Waals surface area contributed by atoms with Crippen LogP contribution in [0.3, 0.4) is 0 Å². The number of carbonyl (C=O) groups is 1. The summed E-state index contributed by atoms with van der Waals surface area (Å²) in [5, 5.41) is 4.17. The van der Waals surface area contributed by atoms with Gasteiger partial charge in [-0.3, -0.25) is 9.63 Å². The first-order valence-corrected chi connectivity index (χ1v) is 12.0. The molecule has 2 atom stereocenters. The maximum Gasteiger partial charge on any atom is 0.304 e. The van der Waals surface area contributed by atoms with E-state index in [1.807, 2.05) is 19.2 Å². The van der Waals surface area contributed by atoms with E-state index in [2.05, 4.69) is 69.3 Å². The van der Waals surface area contributed by atoms with Crippen molar-refractivity contribution >= 4 is 24.7 Å². The highest BCUT2D eigenvalue weighted by molar-refractivity contribution is 6.99. The molecule has 0 spiro atoms. The van der Waals surface area contributed by atoms with Gasteiger partial charge in [-0.05, 0) is 15.4 Å². The van der Waals surface area contributed by atoms with Crippen molar-refractivity contribution in [1.82, 2.24) is 5.06 Å². The zero-order valence-corrected chi connectivity index (χ0v) is 18.9. The van der Waals surface area contributed by atoms with Gasteiger partial charge in [0.25, 0.3) is 8.32 Å². The van der Waals surface area contributed by atoms with Crippen LogP contribution < -0.4 is 10.4 Å². The van der Waals surface area contributed by atoms with E-state index in [1.54, 1.807) is 5.06 Å². The van der Waals surface area contributed by atoms with E-state index in [9.17, 15) is 4.79 Å². The summed E-state index contributed by atoms with van der Waals surface area (Å²) in [7, 11) is -0.726. The maximum absolute atomic E-state index is 11.3. The molecule has 1 fully saturated rings. The van der Waals surface area contributed by atoms with Gasteiger partial charge in [-0.1, -0.05) is 81.4 Å². The zero-order chi connectivity index (χ0) is 21.1. The van der Waals surface area contributed by atoms with Gasteiger partial charge in [-0.15, -0.1) is 0 Å². The lowest BCUT2D eigenvalue weighted by atomic mass is 10.2. The molecular weight excluding hydrogens is 382 g/mol. The Morgan fingerprint density at radius 1 is 1.07 bits per heavy atom. The third kappa shape index (κ3) is 4.61. The predicted molar refractivity (Wildman–Crippen MR) is 116 cm³/mol. The van der Waals surface area contributed by atoms with Crippen LogP contribution in [0.4, 0.5) is 0 Å². The van der Waals surface area contributed by atoms with E-state index in [0.717, 1.165) is 0 Å². The molecule has 0 amide bonds. The van der Waals surface area contributed by atoms with Crippen LogP contribution in [0.1, 0.15) is 34.1 Å². The average molecular weight is 414 g/mol. The van der Waals surface area contributed by atoms with Crippen molar-refractivity contribution in [2.24, 2.45) is 0 Å². The smallest absolute Gasteiger partial charge is 0.304 e. The number of esters is 1. The molecule has 5 nitrogen and oxygen atoms in total. The summed E-state index contributed by atoms with van der Waals surface area (Å²) < 4.78 is 12.2. The molecule has 0 bridgehead atoms. The van der Waals surface area contributed by atoms with E-state index < -0.39 is 14.6 Å². The van der Waals surface area contributed by atoms with E-state index in [1.165, 1.54) is 17.3 Å². The molecule has 156 valence electrons. The topological polar surface area (TPSA) is 48.0 Å². The molecule has 1 heterocycles. The van der Waals surface area contributed by atoms with Gasteiger partial charge in [0.05, 0.1) is 12.6 Å². The van der Waals surface area contributed by atoms with Crippen molar-refractivity contribution in [3.8, 4) is 0 Å². The second kappa shape index (κ2) is 8.79. The van der Waals surface area contributed by atoms with Gasteiger partial charge in [-0.2, -0.15) is 5.06 Å². The molecule has 1 saturated heterocycles. The first-order chi connectivity index (χ1) is 13.7. The molecule has 0 aromatic heterocycles. The molecule has 29 heavy (non-hydrogen) atoms. The molecule has 2 aromatic rings. The van der Waals surface area contributed by atoms with Gasteiger partial charge in [0.15, 0.2) is 0 Å². The Hall–Kier alpha value is -1.99. The third-order valence-corrected chi connectivity index (χ3v) is 10.5. The SMILES string of the molecule is CC(=O)OC1CC(CO[Si](c2ccccc2)(c2ccccc2)C(C)(C)C)N(C)O1. The Morgan fingerprint density at radius 3 is 2.03 bits per heavy atom. The molecule has 0 N–H and O–H groups in total. The summed E-state index contributed by atoms with van der Waals surface area (Å²) in [6.45, 7) is 8.68. The number of hydrogen-bond donors (Lipinski definition) is 0. The Bertz CT molecular complexity index is 767. The highest BCUT2D eigenvalue weighted by Crippen LogP contribution is 2.37. The Balaban J connectivity index is 1.93. The minimum atomic E-state index is -2.59. The van der Waals surface area contributed by atoms with E-state index in [-0.39, 0.29) is 17.0 Å². The molecule has 0 aliphatic carbocycles. The fraction of sp³-hybridized carbons (Fsp3) is 0.435. The van der Waals surface area contributed by atoms with Crippen LogP contribution in [0, 0.1) is 0 Å². The van der Waals surface area contributed by atoms with Crippen molar-refractivity contribution in [1.29, 1.82) is 0 Å². The number of hydroxylamine groups is 2. The molecular formula is C23H31NO4Si. The van der Waals surface area contributed by atoms with Gasteiger partial charge < -0.3 is 9.16 Å². The normalized spacial score (nSPS) is 20.6. The second-order valence-electron chi connectivity index (χ2n) is 8.55. The van der Waals surface area contributed by atoms with Crippen LogP contribution in [0.15, 0.2) is 60.7 Å². The number of rotatable bonds is 6. The summed E-state index contributed by atoms with van der Waals surface area (Å²) in [5.74, 6) is -0.336. The molecule has 0 saturated carbocycles. The van der Waals surface area contributed by atoms with Gasteiger partial charge >= 0.3 is 5.97 Å². The van der Waals surface area contributed by atoms with Crippen LogP contribution in [0.2, 0.25) is 5.04 Å². The fourth-order valence-corrected chi connectivity index (χ4v) is 8.69. The van der Waals surface area contributed by atoms with Gasteiger partial charge in [0, 0.05) is 20.4 Å². The maximum atomic E-state index is 11.3. The minimum Gasteiger partial charge on any atom is -0.434 e. The third-order valence-electron chi connectivity index (χ3n) is 5.47. The molecule has 1 aliphatic heterocycles. The van der Waals surface area contributed by atoms with Crippen molar-refractivity contribution in [2.45, 2.75) is 51.5 Å². The lowest BCUT2D eigenvalue weighted by Gasteiger charge is -2.43. The Kier molecular flexibility index (Phi) is 6.58. The number of benzene rings is 2. The second-order valence-corrected chi connectivity index (χ2v) is 12.9. The summed E-state index contributed by atoms with van der Waals surface area (Å²) in [4.78, 5) is 17.0. The molecule has 2 aromatic carbocycles. The first kappa shape index (κ1) is 21.7. The van der Waals surface area contributed by atoms with Crippen LogP contribution in [-0.4, -0.2) is 45.3 Å². The summed E-state index contributed by atoms with van der Waals surface area (Å²) in [5.41, 5.74) is 0. The number of hydrogen-bond acceptors (Lipinski definition) is 5. The molecule has 3 rings (SSSR count). The average Bonchev–Trinajstić information content (AvgIpc) is 3.01. The lowest BCUT2D eigenvalue weighted by Crippen LogP contribution is -2.67. The van der Waals surface area contributed by atoms with Gasteiger partial charge in [-0.25, -0.2) is 0 Å². The van der Waals surface area contributed by atoms with E-state index in [4.69, 9.17) is 14.0 Å². The predicted octanol–water partition coefficient (Wildman–Crippen LogP) is 3.09. The van der Waals surface area contributed by atoms with Crippen LogP contribution in [0.25, 0.3) is 0 Å². The number of carbonyl (C=O) groups excluding carboxylic acids is 1. The monoisotopic (exact) mass is 413 g/mol. The lowest BCUT2D eigenvalue weighted by molar-refractivity contribution is -0.226. The van der Waals surface area contributed by atoms with Crippen LogP contribution in [-0.2, 0) is 18.8 Å². The number of nitrogens with zero attached hydrogens (tertiary/aromatic N) is 1. The number of likely N-dealkylation sites (N-methyl/N-ethyl adjacent to an activating group) is 1. The largest absolute Gasteiger partial charge is 0.434 e. The minimum absolute atomic E-state index is 0.0148. The van der Waals surface area contributed by atoms with Gasteiger partial charge in [0.1, 0.15) is 0 Å². The van der Waals surface area contributed by atoms with E-state index in [0.29, 0.717) is 13.0 Å². The van der Waals surface area contributed by atoms with E-state index >= 15 is 0 Å². The Labute approximate surface area is 174 Å². The quantitative estimate of drug-likeness (QED) is 0.538. The van der Waals surface area contributed by atoms with Crippen molar-refractivity contribution in [3.05, 3.63) is 60.7 Å². The highest BCUT2D eigenvalue weighted by Gasteiger charge is 2.51. The number of ether oxygens (including phenoxy) is 1. The van der Waals surface area contributed by atoms with Crippen molar-refractivity contribution in [2.75, 3.05) is 13.7 Å². The van der Waals surface area contributed by atoms with Crippen molar-refractivity contribution < 1.29 is 18.8 Å². The zero-order valence-electron chi connectivity index (χ0n) is 17.9. The van der Waals surface area contributed by atoms with Crippen LogP contribution in [0.5, 0.6) is 0 Å². The molecule has 6 heteroatoms. The summed E-state index contributed by atoms with van der Waals surface area (Å²) in [6, 6.07) is 21.1. The molecule has 2 unspecified atom stereocenters. The summed E-state index contributed by atoms with van der Waals surface area (Å²) >= 11 is 0. The molecule has 0 radical (unpaired) electrons. The summed E-state index contributed by atoms with van der Waals surface area (Å²) in [6.07, 6.45) is 0.0409.